The van der Waals surface area contributed by atoms with E-state index in [-0.39, 0.29) is 6.04 Å². The van der Waals surface area contributed by atoms with Crippen LogP contribution in [-0.2, 0) is 4.74 Å². The third-order valence-corrected chi connectivity index (χ3v) is 5.41. The lowest BCUT2D eigenvalue weighted by Crippen LogP contribution is -2.22. The maximum Gasteiger partial charge on any atom is 0.223 e. The lowest BCUT2D eigenvalue weighted by Gasteiger charge is -2.14. The number of nitrogens with one attached hydrogen (secondary N) is 1. The first kappa shape index (κ1) is 17.0. The number of ether oxygens (including phenoxy) is 1. The normalized spacial score (nSPS) is 12.3. The first-order chi connectivity index (χ1) is 11.6. The van der Waals surface area contributed by atoms with Crippen LogP contribution in [0.15, 0.2) is 23.0 Å². The monoisotopic (exact) mass is 360 g/mol. The summed E-state index contributed by atoms with van der Waals surface area (Å²) >= 11 is 3.33. The van der Waals surface area contributed by atoms with E-state index in [1.54, 1.807) is 29.8 Å². The van der Waals surface area contributed by atoms with Gasteiger partial charge in [-0.15, -0.1) is 11.3 Å². The second-order valence-corrected chi connectivity index (χ2v) is 7.61. The van der Waals surface area contributed by atoms with Crippen LogP contribution < -0.4 is 5.32 Å². The van der Waals surface area contributed by atoms with Gasteiger partial charge in [0, 0.05) is 29.8 Å². The number of thiophene rings is 1. The highest BCUT2D eigenvalue weighted by Crippen LogP contribution is 2.35. The molecule has 0 spiro atoms. The van der Waals surface area contributed by atoms with E-state index in [0.29, 0.717) is 12.6 Å². The highest BCUT2D eigenvalue weighted by atomic mass is 32.1. The van der Waals surface area contributed by atoms with Crippen LogP contribution in [0.5, 0.6) is 0 Å². The molecule has 0 radical (unpaired) electrons. The van der Waals surface area contributed by atoms with Crippen molar-refractivity contribution in [2.75, 3.05) is 19.0 Å². The summed E-state index contributed by atoms with van der Waals surface area (Å²) in [5.74, 6) is 0.596. The molecule has 0 bridgehead atoms. The van der Waals surface area contributed by atoms with E-state index in [1.807, 2.05) is 20.0 Å². The molecule has 0 aromatic carbocycles. The average Bonchev–Trinajstić information content (AvgIpc) is 3.18. The predicted octanol–water partition coefficient (Wildman–Crippen LogP) is 4.39. The van der Waals surface area contributed by atoms with Gasteiger partial charge in [0.25, 0.3) is 0 Å². The fourth-order valence-corrected chi connectivity index (χ4v) is 3.90. The number of hydrogen-bond acceptors (Lipinski definition) is 7. The molecule has 5 nitrogen and oxygen atoms in total. The summed E-state index contributed by atoms with van der Waals surface area (Å²) in [6.07, 6.45) is 1.87. The summed E-state index contributed by atoms with van der Waals surface area (Å²) in [6, 6.07) is 2.22. The minimum atomic E-state index is 0.134. The number of nitrogens with zero attached hydrogens (tertiary/aromatic N) is 3. The molecule has 3 rings (SSSR count). The molecular weight excluding hydrogens is 340 g/mol. The van der Waals surface area contributed by atoms with Crippen molar-refractivity contribution in [2.45, 2.75) is 26.8 Å². The van der Waals surface area contributed by atoms with Crippen molar-refractivity contribution >= 4 is 28.6 Å². The van der Waals surface area contributed by atoms with E-state index in [2.05, 4.69) is 39.0 Å². The van der Waals surface area contributed by atoms with Gasteiger partial charge in [-0.3, -0.25) is 0 Å². The molecule has 1 atom stereocenters. The summed E-state index contributed by atoms with van der Waals surface area (Å²) in [6.45, 7) is 6.75. The lowest BCUT2D eigenvalue weighted by atomic mass is 10.1. The fraction of sp³-hybridized carbons (Fsp3) is 0.353. The Balaban J connectivity index is 2.04. The van der Waals surface area contributed by atoms with Gasteiger partial charge in [0.1, 0.15) is 10.7 Å². The van der Waals surface area contributed by atoms with Crippen molar-refractivity contribution in [1.82, 2.24) is 15.0 Å². The van der Waals surface area contributed by atoms with E-state index >= 15 is 0 Å². The minimum Gasteiger partial charge on any atom is -0.383 e. The molecule has 3 aromatic heterocycles. The molecule has 0 fully saturated rings. The maximum atomic E-state index is 5.17. The highest BCUT2D eigenvalue weighted by molar-refractivity contribution is 7.15. The number of rotatable bonds is 6. The van der Waals surface area contributed by atoms with E-state index in [9.17, 15) is 0 Å². The number of aromatic nitrogens is 3. The number of hydrogen-bond donors (Lipinski definition) is 1. The van der Waals surface area contributed by atoms with Crippen molar-refractivity contribution in [3.05, 3.63) is 33.6 Å². The second-order valence-electron chi connectivity index (χ2n) is 5.63. The molecule has 0 amide bonds. The summed E-state index contributed by atoms with van der Waals surface area (Å²) < 4.78 is 5.17. The second kappa shape index (κ2) is 7.38. The van der Waals surface area contributed by atoms with Gasteiger partial charge in [0.15, 0.2) is 0 Å². The Labute approximate surface area is 149 Å². The number of thiazole rings is 1. The number of aryl methyl sites for hydroxylation is 2. The molecule has 0 aliphatic heterocycles. The van der Waals surface area contributed by atoms with Gasteiger partial charge in [-0.2, -0.15) is 11.3 Å². The Kier molecular flexibility index (Phi) is 5.23. The van der Waals surface area contributed by atoms with E-state index in [1.165, 1.54) is 4.88 Å². The van der Waals surface area contributed by atoms with Gasteiger partial charge < -0.3 is 10.1 Å². The smallest absolute Gasteiger partial charge is 0.223 e. The molecule has 0 aliphatic carbocycles. The van der Waals surface area contributed by atoms with Crippen molar-refractivity contribution in [3.63, 3.8) is 0 Å². The molecule has 24 heavy (non-hydrogen) atoms. The quantitative estimate of drug-likeness (QED) is 0.706. The Bertz CT molecular complexity index is 795. The maximum absolute atomic E-state index is 5.17. The van der Waals surface area contributed by atoms with Gasteiger partial charge in [-0.1, -0.05) is 0 Å². The summed E-state index contributed by atoms with van der Waals surface area (Å²) in [5, 5.41) is 8.37. The molecule has 0 aliphatic rings. The van der Waals surface area contributed by atoms with Crippen LogP contribution in [0.25, 0.3) is 21.8 Å². The number of anilines is 1. The Morgan fingerprint density at radius 3 is 2.75 bits per heavy atom. The summed E-state index contributed by atoms with van der Waals surface area (Å²) in [4.78, 5) is 15.1. The molecule has 0 saturated heterocycles. The zero-order valence-electron chi connectivity index (χ0n) is 14.2. The van der Waals surface area contributed by atoms with Crippen LogP contribution in [0.2, 0.25) is 0 Å². The summed E-state index contributed by atoms with van der Waals surface area (Å²) in [5.41, 5.74) is 4.05. The first-order valence-electron chi connectivity index (χ1n) is 7.68. The number of methoxy groups -OCH3 is 1. The van der Waals surface area contributed by atoms with Crippen molar-refractivity contribution in [3.8, 4) is 21.8 Å². The van der Waals surface area contributed by atoms with E-state index in [4.69, 9.17) is 9.72 Å². The lowest BCUT2D eigenvalue weighted by molar-refractivity contribution is 0.190. The van der Waals surface area contributed by atoms with E-state index in [0.717, 1.165) is 27.5 Å². The van der Waals surface area contributed by atoms with Gasteiger partial charge in [-0.25, -0.2) is 15.0 Å². The van der Waals surface area contributed by atoms with Crippen molar-refractivity contribution in [1.29, 1.82) is 0 Å². The molecule has 0 saturated carbocycles. The van der Waals surface area contributed by atoms with Gasteiger partial charge in [0.2, 0.25) is 5.95 Å². The van der Waals surface area contributed by atoms with Crippen LogP contribution in [-0.4, -0.2) is 34.7 Å². The van der Waals surface area contributed by atoms with Crippen LogP contribution in [0.3, 0.4) is 0 Å². The van der Waals surface area contributed by atoms with Crippen molar-refractivity contribution in [2.24, 2.45) is 0 Å². The van der Waals surface area contributed by atoms with Gasteiger partial charge in [0.05, 0.1) is 12.3 Å². The molecule has 3 aromatic rings. The summed E-state index contributed by atoms with van der Waals surface area (Å²) in [7, 11) is 1.69. The minimum absolute atomic E-state index is 0.134. The third-order valence-electron chi connectivity index (χ3n) is 3.64. The van der Waals surface area contributed by atoms with Crippen LogP contribution >= 0.6 is 22.7 Å². The molecule has 0 unspecified atom stereocenters. The Morgan fingerprint density at radius 2 is 2.12 bits per heavy atom. The largest absolute Gasteiger partial charge is 0.383 e. The molecular formula is C17H20N4OS2. The van der Waals surface area contributed by atoms with Crippen LogP contribution in [0, 0.1) is 13.8 Å². The SMILES string of the molecule is COC[C@H](C)Nc1ncc(-c2ccsc2)c(-c2nc(C)c(C)s2)n1. The molecule has 1 N–H and O–H groups in total. The zero-order chi connectivity index (χ0) is 17.1. The predicted molar refractivity (Wildman–Crippen MR) is 101 cm³/mol. The fourth-order valence-electron chi connectivity index (χ4n) is 2.33. The zero-order valence-corrected chi connectivity index (χ0v) is 15.8. The molecule has 7 heteroatoms. The standard InChI is InChI=1S/C17H20N4OS2/c1-10(8-22-4)19-17-18-7-14(13-5-6-23-9-13)15(21-17)16-20-11(2)12(3)24-16/h5-7,9-10H,8H2,1-4H3,(H,18,19,21)/t10-/m0/s1. The Hall–Kier alpha value is -1.83. The van der Waals surface area contributed by atoms with Crippen LogP contribution in [0.4, 0.5) is 5.95 Å². The first-order valence-corrected chi connectivity index (χ1v) is 9.44. The topological polar surface area (TPSA) is 59.9 Å². The van der Waals surface area contributed by atoms with Crippen molar-refractivity contribution < 1.29 is 4.74 Å². The molecule has 126 valence electrons. The molecule has 3 heterocycles. The van der Waals surface area contributed by atoms with Gasteiger partial charge >= 0.3 is 0 Å². The Morgan fingerprint density at radius 1 is 1.29 bits per heavy atom. The third kappa shape index (κ3) is 3.63. The average molecular weight is 361 g/mol. The van der Waals surface area contributed by atoms with Gasteiger partial charge in [-0.05, 0) is 43.2 Å². The van der Waals surface area contributed by atoms with Crippen LogP contribution in [0.1, 0.15) is 17.5 Å². The highest BCUT2D eigenvalue weighted by Gasteiger charge is 2.17. The van der Waals surface area contributed by atoms with E-state index < -0.39 is 0 Å².